The Balaban J connectivity index is 1.91. The summed E-state index contributed by atoms with van der Waals surface area (Å²) in [7, 11) is 1.62. The molecule has 6 heteroatoms. The first-order valence-corrected chi connectivity index (χ1v) is 8.57. The van der Waals surface area contributed by atoms with Crippen molar-refractivity contribution >= 4 is 23.4 Å². The molecule has 2 aromatic carbocycles. The Kier molecular flexibility index (Phi) is 4.86. The van der Waals surface area contributed by atoms with Crippen LogP contribution in [0.4, 0.5) is 11.6 Å². The van der Waals surface area contributed by atoms with Crippen LogP contribution in [0.5, 0.6) is 5.75 Å². The van der Waals surface area contributed by atoms with Gasteiger partial charge in [-0.1, -0.05) is 6.07 Å². The number of benzene rings is 2. The summed E-state index contributed by atoms with van der Waals surface area (Å²) >= 11 is 1.66. The summed E-state index contributed by atoms with van der Waals surface area (Å²) in [6.07, 6.45) is 2.02. The highest BCUT2D eigenvalue weighted by Crippen LogP contribution is 2.23. The van der Waals surface area contributed by atoms with Crippen LogP contribution >= 0.6 is 11.8 Å². The lowest BCUT2D eigenvalue weighted by molar-refractivity contribution is 0.415. The van der Waals surface area contributed by atoms with Gasteiger partial charge in [-0.05, 0) is 48.7 Å². The van der Waals surface area contributed by atoms with Crippen molar-refractivity contribution in [3.8, 4) is 17.0 Å². The van der Waals surface area contributed by atoms with E-state index in [1.165, 1.54) is 6.07 Å². The lowest BCUT2D eigenvalue weighted by Crippen LogP contribution is -2.10. The Bertz CT molecular complexity index is 891. The summed E-state index contributed by atoms with van der Waals surface area (Å²) < 4.78 is 5.15. The van der Waals surface area contributed by atoms with Crippen LogP contribution in [0.1, 0.15) is 0 Å². The average Bonchev–Trinajstić information content (AvgIpc) is 2.61. The summed E-state index contributed by atoms with van der Waals surface area (Å²) in [5.74, 6) is 1.17. The zero-order valence-corrected chi connectivity index (χ0v) is 14.2. The number of anilines is 2. The molecule has 3 rings (SSSR count). The van der Waals surface area contributed by atoms with Crippen molar-refractivity contribution in [2.24, 2.45) is 0 Å². The number of ether oxygens (including phenoxy) is 1. The van der Waals surface area contributed by atoms with E-state index in [1.54, 1.807) is 18.9 Å². The number of hydrogen-bond donors (Lipinski definition) is 2. The van der Waals surface area contributed by atoms with E-state index in [-0.39, 0.29) is 5.56 Å². The zero-order chi connectivity index (χ0) is 16.9. The quantitative estimate of drug-likeness (QED) is 0.690. The van der Waals surface area contributed by atoms with Crippen molar-refractivity contribution < 1.29 is 4.74 Å². The Morgan fingerprint density at radius 3 is 2.62 bits per heavy atom. The van der Waals surface area contributed by atoms with Crippen LogP contribution in [0, 0.1) is 0 Å². The smallest absolute Gasteiger partial charge is 0.252 e. The third-order valence-electron chi connectivity index (χ3n) is 3.46. The van der Waals surface area contributed by atoms with Gasteiger partial charge >= 0.3 is 0 Å². The SMILES string of the molecule is COc1ccc(-c2cc(=O)[nH]c(Nc3cccc(SC)c3)n2)cc1. The van der Waals surface area contributed by atoms with Gasteiger partial charge in [-0.25, -0.2) is 4.98 Å². The molecule has 0 bridgehead atoms. The molecule has 1 heterocycles. The molecule has 122 valence electrons. The van der Waals surface area contributed by atoms with E-state index in [9.17, 15) is 4.79 Å². The number of aromatic nitrogens is 2. The molecule has 0 aliphatic rings. The van der Waals surface area contributed by atoms with E-state index in [2.05, 4.69) is 15.3 Å². The average molecular weight is 339 g/mol. The van der Waals surface area contributed by atoms with Crippen LogP contribution in [-0.2, 0) is 0 Å². The molecule has 2 N–H and O–H groups in total. The van der Waals surface area contributed by atoms with Gasteiger partial charge < -0.3 is 10.1 Å². The maximum atomic E-state index is 12.0. The Morgan fingerprint density at radius 1 is 1.12 bits per heavy atom. The summed E-state index contributed by atoms with van der Waals surface area (Å²) in [4.78, 5) is 20.3. The van der Waals surface area contributed by atoms with Crippen molar-refractivity contribution in [2.75, 3.05) is 18.7 Å². The Morgan fingerprint density at radius 2 is 1.92 bits per heavy atom. The minimum absolute atomic E-state index is 0.209. The first-order valence-electron chi connectivity index (χ1n) is 7.35. The number of thioether (sulfide) groups is 1. The van der Waals surface area contributed by atoms with Crippen LogP contribution in [0.2, 0.25) is 0 Å². The first-order chi connectivity index (χ1) is 11.7. The fourth-order valence-electron chi connectivity index (χ4n) is 2.26. The second-order valence-corrected chi connectivity index (χ2v) is 5.94. The highest BCUT2D eigenvalue weighted by atomic mass is 32.2. The molecule has 1 aromatic heterocycles. The molecular weight excluding hydrogens is 322 g/mol. The Labute approximate surface area is 144 Å². The number of aromatic amines is 1. The maximum absolute atomic E-state index is 12.0. The number of hydrogen-bond acceptors (Lipinski definition) is 5. The minimum atomic E-state index is -0.209. The Hall–Kier alpha value is -2.73. The molecule has 0 atom stereocenters. The summed E-state index contributed by atoms with van der Waals surface area (Å²) in [5.41, 5.74) is 2.11. The van der Waals surface area contributed by atoms with Crippen LogP contribution < -0.4 is 15.6 Å². The molecule has 0 radical (unpaired) electrons. The lowest BCUT2D eigenvalue weighted by Gasteiger charge is -2.08. The summed E-state index contributed by atoms with van der Waals surface area (Å²) in [5, 5.41) is 3.15. The van der Waals surface area contributed by atoms with Crippen LogP contribution in [0.25, 0.3) is 11.3 Å². The number of methoxy groups -OCH3 is 1. The van der Waals surface area contributed by atoms with E-state index in [4.69, 9.17) is 4.74 Å². The van der Waals surface area contributed by atoms with Crippen molar-refractivity contribution in [2.45, 2.75) is 4.90 Å². The predicted octanol–water partition coefficient (Wildman–Crippen LogP) is 3.91. The molecule has 0 spiro atoms. The highest BCUT2D eigenvalue weighted by Gasteiger charge is 2.05. The van der Waals surface area contributed by atoms with Gasteiger partial charge in [0.1, 0.15) is 5.75 Å². The third kappa shape index (κ3) is 3.78. The number of nitrogens with one attached hydrogen (secondary N) is 2. The zero-order valence-electron chi connectivity index (χ0n) is 13.4. The third-order valence-corrected chi connectivity index (χ3v) is 4.19. The normalized spacial score (nSPS) is 10.4. The second-order valence-electron chi connectivity index (χ2n) is 5.06. The molecule has 0 aliphatic heterocycles. The fraction of sp³-hybridized carbons (Fsp3) is 0.111. The second kappa shape index (κ2) is 7.23. The van der Waals surface area contributed by atoms with Crippen molar-refractivity contribution in [3.05, 3.63) is 65.0 Å². The van der Waals surface area contributed by atoms with Gasteiger partial charge in [-0.3, -0.25) is 9.78 Å². The molecule has 0 saturated carbocycles. The molecule has 0 saturated heterocycles. The van der Waals surface area contributed by atoms with Crippen LogP contribution in [-0.4, -0.2) is 23.3 Å². The number of nitrogens with zero attached hydrogens (tertiary/aromatic N) is 1. The van der Waals surface area contributed by atoms with Gasteiger partial charge in [0.15, 0.2) is 0 Å². The predicted molar refractivity (Wildman–Crippen MR) is 98.4 cm³/mol. The van der Waals surface area contributed by atoms with Gasteiger partial charge in [0.2, 0.25) is 5.95 Å². The van der Waals surface area contributed by atoms with Gasteiger partial charge in [-0.15, -0.1) is 11.8 Å². The topological polar surface area (TPSA) is 67.0 Å². The molecule has 0 aliphatic carbocycles. The van der Waals surface area contributed by atoms with Gasteiger partial charge in [0, 0.05) is 22.2 Å². The van der Waals surface area contributed by atoms with E-state index in [0.717, 1.165) is 21.9 Å². The van der Waals surface area contributed by atoms with E-state index in [1.807, 2.05) is 54.8 Å². The standard InChI is InChI=1S/C18H17N3O2S/c1-23-14-8-6-12(7-9-14)16-11-17(22)21-18(20-16)19-13-4-3-5-15(10-13)24-2/h3-11H,1-2H3,(H2,19,20,21,22). The molecule has 3 aromatic rings. The van der Waals surface area contributed by atoms with Gasteiger partial charge in [0.25, 0.3) is 5.56 Å². The monoisotopic (exact) mass is 339 g/mol. The molecule has 0 amide bonds. The fourth-order valence-corrected chi connectivity index (χ4v) is 2.72. The lowest BCUT2D eigenvalue weighted by atomic mass is 10.1. The van der Waals surface area contributed by atoms with E-state index < -0.39 is 0 Å². The maximum Gasteiger partial charge on any atom is 0.252 e. The van der Waals surface area contributed by atoms with Gasteiger partial charge in [-0.2, -0.15) is 0 Å². The first kappa shape index (κ1) is 16.1. The van der Waals surface area contributed by atoms with Crippen LogP contribution in [0.3, 0.4) is 0 Å². The largest absolute Gasteiger partial charge is 0.497 e. The van der Waals surface area contributed by atoms with E-state index in [0.29, 0.717) is 11.6 Å². The number of rotatable bonds is 5. The van der Waals surface area contributed by atoms with Crippen molar-refractivity contribution in [1.29, 1.82) is 0 Å². The summed E-state index contributed by atoms with van der Waals surface area (Å²) in [6, 6.07) is 16.8. The minimum Gasteiger partial charge on any atom is -0.497 e. The van der Waals surface area contributed by atoms with Crippen LogP contribution in [0.15, 0.2) is 64.3 Å². The molecule has 0 unspecified atom stereocenters. The summed E-state index contributed by atoms with van der Waals surface area (Å²) in [6.45, 7) is 0. The molecular formula is C18H17N3O2S. The van der Waals surface area contributed by atoms with Gasteiger partial charge in [0.05, 0.1) is 12.8 Å². The van der Waals surface area contributed by atoms with Crippen molar-refractivity contribution in [3.63, 3.8) is 0 Å². The van der Waals surface area contributed by atoms with E-state index >= 15 is 0 Å². The highest BCUT2D eigenvalue weighted by molar-refractivity contribution is 7.98. The van der Waals surface area contributed by atoms with Crippen molar-refractivity contribution in [1.82, 2.24) is 9.97 Å². The molecule has 0 fully saturated rings. The number of H-pyrrole nitrogens is 1. The molecule has 24 heavy (non-hydrogen) atoms. The molecule has 5 nitrogen and oxygen atoms in total.